The van der Waals surface area contributed by atoms with Gasteiger partial charge in [0.25, 0.3) is 0 Å². The number of aromatic nitrogens is 3. The molecule has 3 rings (SSSR count). The highest BCUT2D eigenvalue weighted by Crippen LogP contribution is 2.22. The van der Waals surface area contributed by atoms with Crippen molar-refractivity contribution in [2.45, 2.75) is 58.0 Å². The average molecular weight is 278 g/mol. The molecule has 1 saturated heterocycles. The fraction of sp³-hybridized carbons (Fsp3) is 0.867. The fourth-order valence-corrected chi connectivity index (χ4v) is 3.58. The summed E-state index contributed by atoms with van der Waals surface area (Å²) in [5, 5.41) is 14.0. The molecular weight excluding hydrogens is 252 g/mol. The van der Waals surface area contributed by atoms with E-state index in [2.05, 4.69) is 16.9 Å². The van der Waals surface area contributed by atoms with E-state index < -0.39 is 0 Å². The number of piperidine rings is 1. The highest BCUT2D eigenvalue weighted by Gasteiger charge is 2.25. The highest BCUT2D eigenvalue weighted by molar-refractivity contribution is 4.99. The minimum Gasteiger partial charge on any atom is -0.396 e. The zero-order valence-electron chi connectivity index (χ0n) is 12.5. The summed E-state index contributed by atoms with van der Waals surface area (Å²) in [5.41, 5.74) is 0. The third kappa shape index (κ3) is 2.88. The summed E-state index contributed by atoms with van der Waals surface area (Å²) < 4.78 is 2.03. The minimum atomic E-state index is 0.265. The van der Waals surface area contributed by atoms with E-state index in [0.717, 1.165) is 44.0 Å². The van der Waals surface area contributed by atoms with E-state index in [1.807, 2.05) is 4.68 Å². The molecule has 1 aromatic heterocycles. The normalized spacial score (nSPS) is 27.5. The second kappa shape index (κ2) is 6.22. The lowest BCUT2D eigenvalue weighted by Crippen LogP contribution is -2.40. The van der Waals surface area contributed by atoms with Crippen LogP contribution in [0, 0.1) is 5.92 Å². The number of likely N-dealkylation sites (tertiary alicyclic amines) is 1. The molecule has 0 amide bonds. The summed E-state index contributed by atoms with van der Waals surface area (Å²) in [5.74, 6) is 2.48. The van der Waals surface area contributed by atoms with Crippen LogP contribution in [-0.2, 0) is 19.4 Å². The molecule has 1 aromatic rings. The number of aryl methyl sites for hydroxylation is 1. The molecule has 112 valence electrons. The van der Waals surface area contributed by atoms with Gasteiger partial charge in [-0.3, -0.25) is 0 Å². The summed E-state index contributed by atoms with van der Waals surface area (Å²) in [6.45, 7) is 5.70. The number of hydrogen-bond acceptors (Lipinski definition) is 4. The van der Waals surface area contributed by atoms with E-state index in [9.17, 15) is 5.11 Å². The molecule has 2 unspecified atom stereocenters. The highest BCUT2D eigenvalue weighted by atomic mass is 16.3. The Morgan fingerprint density at radius 2 is 2.20 bits per heavy atom. The summed E-state index contributed by atoms with van der Waals surface area (Å²) in [4.78, 5) is 7.30. The van der Waals surface area contributed by atoms with E-state index in [1.165, 1.54) is 25.8 Å². The topological polar surface area (TPSA) is 54.2 Å². The van der Waals surface area contributed by atoms with Crippen LogP contribution in [0.5, 0.6) is 0 Å². The molecular formula is C15H26N4O. The molecule has 2 aliphatic heterocycles. The molecule has 0 spiro atoms. The number of likely N-dealkylation sites (N-methyl/N-ethyl adjacent to an activating group) is 1. The Morgan fingerprint density at radius 3 is 3.00 bits per heavy atom. The number of nitrogens with zero attached hydrogens (tertiary/aromatic N) is 4. The van der Waals surface area contributed by atoms with Crippen LogP contribution in [0.25, 0.3) is 0 Å². The van der Waals surface area contributed by atoms with Crippen molar-refractivity contribution in [3.05, 3.63) is 11.6 Å². The third-order valence-electron chi connectivity index (χ3n) is 4.83. The molecule has 2 atom stereocenters. The Balaban J connectivity index is 1.67. The number of aliphatic hydroxyl groups excluding tert-OH is 1. The molecule has 0 aliphatic carbocycles. The lowest BCUT2D eigenvalue weighted by atomic mass is 9.99. The van der Waals surface area contributed by atoms with E-state index >= 15 is 0 Å². The molecule has 0 radical (unpaired) electrons. The molecule has 0 bridgehead atoms. The summed E-state index contributed by atoms with van der Waals surface area (Å²) in [6.07, 6.45) is 6.92. The third-order valence-corrected chi connectivity index (χ3v) is 4.83. The van der Waals surface area contributed by atoms with Crippen molar-refractivity contribution in [3.63, 3.8) is 0 Å². The molecule has 0 aromatic carbocycles. The van der Waals surface area contributed by atoms with Crippen LogP contribution in [-0.4, -0.2) is 50.5 Å². The second-order valence-electron chi connectivity index (χ2n) is 6.20. The van der Waals surface area contributed by atoms with Gasteiger partial charge in [-0.15, -0.1) is 0 Å². The first-order valence-corrected chi connectivity index (χ1v) is 8.07. The van der Waals surface area contributed by atoms with Gasteiger partial charge in [0.15, 0.2) is 5.82 Å². The molecule has 5 nitrogen and oxygen atoms in total. The second-order valence-corrected chi connectivity index (χ2v) is 6.20. The van der Waals surface area contributed by atoms with Crippen LogP contribution in [0.3, 0.4) is 0 Å². The predicted octanol–water partition coefficient (Wildman–Crippen LogP) is 1.25. The standard InChI is InChI=1S/C15H26N4O/c1-2-18-8-4-3-5-13(18)9-14-16-15-7-6-12(11-20)10-19(15)17-14/h12-13,20H,2-11H2,1H3. The monoisotopic (exact) mass is 278 g/mol. The molecule has 1 fully saturated rings. The maximum Gasteiger partial charge on any atom is 0.152 e. The maximum atomic E-state index is 9.28. The van der Waals surface area contributed by atoms with Crippen molar-refractivity contribution in [1.29, 1.82) is 0 Å². The Kier molecular flexibility index (Phi) is 4.36. The molecule has 0 saturated carbocycles. The van der Waals surface area contributed by atoms with Crippen molar-refractivity contribution in [1.82, 2.24) is 19.7 Å². The van der Waals surface area contributed by atoms with Crippen molar-refractivity contribution in [2.24, 2.45) is 5.92 Å². The van der Waals surface area contributed by atoms with Crippen LogP contribution >= 0.6 is 0 Å². The largest absolute Gasteiger partial charge is 0.396 e. The predicted molar refractivity (Wildman–Crippen MR) is 77.5 cm³/mol. The van der Waals surface area contributed by atoms with Gasteiger partial charge in [-0.25, -0.2) is 9.67 Å². The van der Waals surface area contributed by atoms with Gasteiger partial charge < -0.3 is 10.0 Å². The van der Waals surface area contributed by atoms with E-state index in [0.29, 0.717) is 12.0 Å². The lowest BCUT2D eigenvalue weighted by molar-refractivity contribution is 0.153. The number of hydrogen-bond donors (Lipinski definition) is 1. The van der Waals surface area contributed by atoms with Gasteiger partial charge in [0.2, 0.25) is 0 Å². The van der Waals surface area contributed by atoms with E-state index in [4.69, 9.17) is 4.98 Å². The summed E-state index contributed by atoms with van der Waals surface area (Å²) >= 11 is 0. The maximum absolute atomic E-state index is 9.28. The molecule has 1 N–H and O–H groups in total. The first-order chi connectivity index (χ1) is 9.80. The quantitative estimate of drug-likeness (QED) is 0.900. The first kappa shape index (κ1) is 14.0. The zero-order chi connectivity index (χ0) is 13.9. The van der Waals surface area contributed by atoms with Gasteiger partial charge in [0.05, 0.1) is 0 Å². The Morgan fingerprint density at radius 1 is 1.30 bits per heavy atom. The number of aliphatic hydroxyl groups is 1. The van der Waals surface area contributed by atoms with Gasteiger partial charge in [-0.05, 0) is 32.4 Å². The fourth-order valence-electron chi connectivity index (χ4n) is 3.58. The Hall–Kier alpha value is -0.940. The Bertz CT molecular complexity index is 445. The van der Waals surface area contributed by atoms with Crippen molar-refractivity contribution < 1.29 is 5.11 Å². The van der Waals surface area contributed by atoms with Gasteiger partial charge in [-0.1, -0.05) is 13.3 Å². The van der Waals surface area contributed by atoms with Gasteiger partial charge in [0.1, 0.15) is 5.82 Å². The first-order valence-electron chi connectivity index (χ1n) is 8.07. The molecule has 3 heterocycles. The Labute approximate surface area is 121 Å². The van der Waals surface area contributed by atoms with Gasteiger partial charge in [-0.2, -0.15) is 5.10 Å². The van der Waals surface area contributed by atoms with Crippen molar-refractivity contribution >= 4 is 0 Å². The van der Waals surface area contributed by atoms with Gasteiger partial charge >= 0.3 is 0 Å². The zero-order valence-corrected chi connectivity index (χ0v) is 12.5. The van der Waals surface area contributed by atoms with Crippen LogP contribution in [0.1, 0.15) is 44.3 Å². The van der Waals surface area contributed by atoms with Crippen LogP contribution in [0.15, 0.2) is 0 Å². The summed E-state index contributed by atoms with van der Waals surface area (Å²) in [7, 11) is 0. The van der Waals surface area contributed by atoms with Crippen molar-refractivity contribution in [2.75, 3.05) is 19.7 Å². The van der Waals surface area contributed by atoms with Gasteiger partial charge in [0, 0.05) is 38.0 Å². The van der Waals surface area contributed by atoms with Crippen LogP contribution in [0.2, 0.25) is 0 Å². The average Bonchev–Trinajstić information content (AvgIpc) is 2.89. The number of fused-ring (bicyclic) bond motifs is 1. The van der Waals surface area contributed by atoms with Crippen LogP contribution < -0.4 is 0 Å². The molecule has 2 aliphatic rings. The molecule has 20 heavy (non-hydrogen) atoms. The lowest BCUT2D eigenvalue weighted by Gasteiger charge is -2.34. The van der Waals surface area contributed by atoms with Crippen molar-refractivity contribution in [3.8, 4) is 0 Å². The summed E-state index contributed by atoms with van der Waals surface area (Å²) in [6, 6.07) is 0.617. The van der Waals surface area contributed by atoms with E-state index in [1.54, 1.807) is 0 Å². The van der Waals surface area contributed by atoms with E-state index in [-0.39, 0.29) is 6.61 Å². The number of rotatable bonds is 4. The smallest absolute Gasteiger partial charge is 0.152 e. The minimum absolute atomic E-state index is 0.265. The SMILES string of the molecule is CCN1CCCCC1Cc1nc2n(n1)CC(CO)CC2. The van der Waals surface area contributed by atoms with Crippen LogP contribution in [0.4, 0.5) is 0 Å². The molecule has 5 heteroatoms.